The minimum Gasteiger partial charge on any atom is -0.478 e. The molecule has 42 heavy (non-hydrogen) atoms. The number of rotatable bonds is 8. The number of aromatic nitrogens is 1. The number of hydrogen-bond acceptors (Lipinski definition) is 5. The molecule has 2 heterocycles. The van der Waals surface area contributed by atoms with Crippen LogP contribution in [-0.4, -0.2) is 62.8 Å². The van der Waals surface area contributed by atoms with Gasteiger partial charge in [-0.2, -0.15) is 0 Å². The molecule has 2 atom stereocenters. The van der Waals surface area contributed by atoms with Gasteiger partial charge in [0.25, 0.3) is 0 Å². The molecule has 8 heteroatoms. The molecule has 2 fully saturated rings. The van der Waals surface area contributed by atoms with Crippen molar-refractivity contribution in [3.05, 3.63) is 93.9 Å². The van der Waals surface area contributed by atoms with Gasteiger partial charge in [0, 0.05) is 44.4 Å². The van der Waals surface area contributed by atoms with Crippen molar-refractivity contribution in [3.63, 3.8) is 0 Å². The second kappa shape index (κ2) is 12.1. The number of amides is 1. The maximum Gasteiger partial charge on any atom is 0.410 e. The monoisotopic (exact) mass is 571 g/mol. The Balaban J connectivity index is 1.21. The van der Waals surface area contributed by atoms with Crippen molar-refractivity contribution < 1.29 is 19.4 Å². The molecule has 1 saturated carbocycles. The highest BCUT2D eigenvalue weighted by Gasteiger charge is 2.46. The molecule has 2 unspecified atom stereocenters. The minimum absolute atomic E-state index is 0.0311. The number of carboxylic acids is 1. The number of ether oxygens (including phenoxy) is 1. The highest BCUT2D eigenvalue weighted by atomic mass is 16.6. The quantitative estimate of drug-likeness (QED) is 0.370. The second-order valence-corrected chi connectivity index (χ2v) is 12.8. The van der Waals surface area contributed by atoms with Gasteiger partial charge in [-0.1, -0.05) is 36.4 Å². The maximum atomic E-state index is 13.4. The molecular weight excluding hydrogens is 530 g/mol. The lowest BCUT2D eigenvalue weighted by atomic mass is 9.95. The van der Waals surface area contributed by atoms with Crippen LogP contribution in [0.2, 0.25) is 0 Å². The van der Waals surface area contributed by atoms with Crippen molar-refractivity contribution in [1.29, 1.82) is 0 Å². The van der Waals surface area contributed by atoms with Gasteiger partial charge >= 0.3 is 12.1 Å². The number of aromatic carboxylic acids is 1. The number of benzene rings is 2. The van der Waals surface area contributed by atoms with Crippen molar-refractivity contribution in [1.82, 2.24) is 14.4 Å². The summed E-state index contributed by atoms with van der Waals surface area (Å²) in [5.74, 6) is -0.231. The first kappa shape index (κ1) is 29.6. The first-order valence-electron chi connectivity index (χ1n) is 14.8. The highest BCUT2D eigenvalue weighted by molar-refractivity contribution is 5.87. The summed E-state index contributed by atoms with van der Waals surface area (Å²) in [5.41, 5.74) is 4.09. The number of pyridine rings is 1. The summed E-state index contributed by atoms with van der Waals surface area (Å²) >= 11 is 0. The van der Waals surface area contributed by atoms with Gasteiger partial charge in [0.1, 0.15) is 5.60 Å². The van der Waals surface area contributed by atoms with Crippen LogP contribution in [0, 0.1) is 5.92 Å². The van der Waals surface area contributed by atoms with E-state index in [1.807, 2.05) is 50.1 Å². The van der Waals surface area contributed by atoms with Gasteiger partial charge < -0.3 is 19.3 Å². The molecule has 5 rings (SSSR count). The van der Waals surface area contributed by atoms with Crippen LogP contribution in [0.3, 0.4) is 0 Å². The van der Waals surface area contributed by atoms with Crippen molar-refractivity contribution in [2.45, 2.75) is 64.1 Å². The predicted molar refractivity (Wildman–Crippen MR) is 163 cm³/mol. The standard InChI is InChI=1S/C34H41N3O5/c1-34(2,3)42-33(41)37(21-24-15-17-36(18-16-24)20-23-5-7-27(8-6-23)32(39)40)30-19-29(30)26-11-9-25(10-12-26)28-13-14-31(38)35(4)22-28/h5-14,22,24,29-30H,15-21H2,1-4H3,(H,39,40). The molecule has 3 aromatic rings. The zero-order valence-corrected chi connectivity index (χ0v) is 25.0. The first-order valence-corrected chi connectivity index (χ1v) is 14.8. The Bertz CT molecular complexity index is 1460. The molecule has 1 aliphatic heterocycles. The van der Waals surface area contributed by atoms with Crippen LogP contribution in [-0.2, 0) is 18.3 Å². The van der Waals surface area contributed by atoms with Gasteiger partial charge in [-0.05, 0) is 99.5 Å². The topological polar surface area (TPSA) is 92.1 Å². The van der Waals surface area contributed by atoms with Crippen LogP contribution in [0.5, 0.6) is 0 Å². The highest BCUT2D eigenvalue weighted by Crippen LogP contribution is 2.46. The van der Waals surface area contributed by atoms with E-state index in [2.05, 4.69) is 29.2 Å². The van der Waals surface area contributed by atoms with E-state index in [9.17, 15) is 14.4 Å². The largest absolute Gasteiger partial charge is 0.478 e. The van der Waals surface area contributed by atoms with Gasteiger partial charge in [-0.3, -0.25) is 9.69 Å². The fourth-order valence-electron chi connectivity index (χ4n) is 5.85. The Morgan fingerprint density at radius 3 is 2.19 bits per heavy atom. The molecule has 0 bridgehead atoms. The third kappa shape index (κ3) is 7.29. The number of carbonyl (C=O) groups excluding carboxylic acids is 1. The zero-order valence-electron chi connectivity index (χ0n) is 25.0. The normalized spacial score (nSPS) is 19.3. The average molecular weight is 572 g/mol. The van der Waals surface area contributed by atoms with E-state index in [0.717, 1.165) is 55.6 Å². The van der Waals surface area contributed by atoms with E-state index in [1.165, 1.54) is 5.56 Å². The number of carbonyl (C=O) groups is 2. The number of likely N-dealkylation sites (tertiary alicyclic amines) is 1. The molecule has 1 saturated heterocycles. The van der Waals surface area contributed by atoms with Gasteiger partial charge in [-0.25, -0.2) is 9.59 Å². The van der Waals surface area contributed by atoms with Crippen molar-refractivity contribution in [3.8, 4) is 11.1 Å². The van der Waals surface area contributed by atoms with Crippen molar-refractivity contribution in [2.24, 2.45) is 13.0 Å². The Labute approximate surface area is 247 Å². The van der Waals surface area contributed by atoms with E-state index in [4.69, 9.17) is 9.84 Å². The summed E-state index contributed by atoms with van der Waals surface area (Å²) in [6, 6.07) is 19.1. The molecule has 1 aromatic heterocycles. The van der Waals surface area contributed by atoms with Crippen LogP contribution < -0.4 is 5.56 Å². The number of piperidine rings is 1. The van der Waals surface area contributed by atoms with Crippen LogP contribution in [0.15, 0.2) is 71.7 Å². The lowest BCUT2D eigenvalue weighted by Crippen LogP contribution is -2.44. The van der Waals surface area contributed by atoms with Crippen LogP contribution in [0.25, 0.3) is 11.1 Å². The summed E-state index contributed by atoms with van der Waals surface area (Å²) in [6.45, 7) is 9.09. The van der Waals surface area contributed by atoms with E-state index < -0.39 is 11.6 Å². The van der Waals surface area contributed by atoms with Crippen LogP contribution in [0.1, 0.15) is 67.4 Å². The smallest absolute Gasteiger partial charge is 0.410 e. The molecule has 2 aromatic carbocycles. The Morgan fingerprint density at radius 1 is 0.952 bits per heavy atom. The lowest BCUT2D eigenvalue weighted by Gasteiger charge is -2.36. The predicted octanol–water partition coefficient (Wildman–Crippen LogP) is 5.76. The summed E-state index contributed by atoms with van der Waals surface area (Å²) in [4.78, 5) is 40.7. The number of hydrogen-bond donors (Lipinski definition) is 1. The van der Waals surface area contributed by atoms with Crippen molar-refractivity contribution in [2.75, 3.05) is 19.6 Å². The minimum atomic E-state index is -0.909. The summed E-state index contributed by atoms with van der Waals surface area (Å²) in [6.07, 6.45) is 4.53. The second-order valence-electron chi connectivity index (χ2n) is 12.8. The molecule has 2 aliphatic rings. The summed E-state index contributed by atoms with van der Waals surface area (Å²) in [7, 11) is 1.76. The van der Waals surface area contributed by atoms with E-state index in [-0.39, 0.29) is 23.6 Å². The summed E-state index contributed by atoms with van der Waals surface area (Å²) in [5, 5.41) is 9.14. The van der Waals surface area contributed by atoms with Crippen LogP contribution >= 0.6 is 0 Å². The SMILES string of the molecule is Cn1cc(-c2ccc(C3CC3N(CC3CCN(Cc4ccc(C(=O)O)cc4)CC3)C(=O)OC(C)(C)C)cc2)ccc1=O. The lowest BCUT2D eigenvalue weighted by molar-refractivity contribution is 0.0170. The average Bonchev–Trinajstić information content (AvgIpc) is 3.74. The molecule has 1 N–H and O–H groups in total. The first-order chi connectivity index (χ1) is 20.0. The van der Waals surface area contributed by atoms with Gasteiger partial charge in [-0.15, -0.1) is 0 Å². The van der Waals surface area contributed by atoms with E-state index in [0.29, 0.717) is 18.0 Å². The molecule has 1 aliphatic carbocycles. The Hall–Kier alpha value is -3.91. The Kier molecular flexibility index (Phi) is 8.55. The Morgan fingerprint density at radius 2 is 1.60 bits per heavy atom. The summed E-state index contributed by atoms with van der Waals surface area (Å²) < 4.78 is 7.44. The zero-order chi connectivity index (χ0) is 30.0. The molecular formula is C34H41N3O5. The van der Waals surface area contributed by atoms with Crippen LogP contribution in [0.4, 0.5) is 4.79 Å². The van der Waals surface area contributed by atoms with Gasteiger partial charge in [0.15, 0.2) is 0 Å². The fraction of sp³-hybridized carbons (Fsp3) is 0.441. The molecule has 8 nitrogen and oxygen atoms in total. The third-order valence-corrected chi connectivity index (χ3v) is 8.31. The van der Waals surface area contributed by atoms with E-state index in [1.54, 1.807) is 29.8 Å². The van der Waals surface area contributed by atoms with Crippen molar-refractivity contribution >= 4 is 12.1 Å². The molecule has 0 spiro atoms. The number of nitrogens with zero attached hydrogens (tertiary/aromatic N) is 3. The van der Waals surface area contributed by atoms with Gasteiger partial charge in [0.2, 0.25) is 5.56 Å². The molecule has 222 valence electrons. The molecule has 1 amide bonds. The number of carboxylic acid groups (broad SMARTS) is 1. The van der Waals surface area contributed by atoms with E-state index >= 15 is 0 Å². The van der Waals surface area contributed by atoms with Gasteiger partial charge in [0.05, 0.1) is 5.56 Å². The fourth-order valence-corrected chi connectivity index (χ4v) is 5.85. The maximum absolute atomic E-state index is 13.4. The molecule has 0 radical (unpaired) electrons. The third-order valence-electron chi connectivity index (χ3n) is 8.31. The number of aryl methyl sites for hydroxylation is 1.